The molecule has 0 radical (unpaired) electrons. The number of anilines is 1. The molecule has 0 unspecified atom stereocenters. The van der Waals surface area contributed by atoms with Gasteiger partial charge < -0.3 is 14.6 Å². The Labute approximate surface area is 189 Å². The van der Waals surface area contributed by atoms with Crippen LogP contribution in [0.2, 0.25) is 0 Å². The second kappa shape index (κ2) is 15.1. The van der Waals surface area contributed by atoms with Crippen molar-refractivity contribution >= 4 is 18.4 Å². The molecule has 1 aliphatic heterocycles. The Hall–Kier alpha value is -2.74. The van der Waals surface area contributed by atoms with Crippen LogP contribution in [-0.2, 0) is 17.4 Å². The van der Waals surface area contributed by atoms with Crippen LogP contribution in [0.1, 0.15) is 49.2 Å². The maximum atomic E-state index is 12.8. The molecule has 0 spiro atoms. The number of aromatic nitrogens is 1. The monoisotopic (exact) mass is 453 g/mol. The molecular formula is C24H34F3N3O2. The van der Waals surface area contributed by atoms with Gasteiger partial charge in [0.25, 0.3) is 0 Å². The molecule has 5 nitrogen and oxygen atoms in total. The number of nitrogens with zero attached hydrogens (tertiary/aromatic N) is 3. The van der Waals surface area contributed by atoms with E-state index in [9.17, 15) is 18.0 Å². The first-order valence-corrected chi connectivity index (χ1v) is 10.6. The van der Waals surface area contributed by atoms with E-state index in [1.54, 1.807) is 11.8 Å². The Morgan fingerprint density at radius 2 is 1.56 bits per heavy atom. The Morgan fingerprint density at radius 1 is 1.03 bits per heavy atom. The number of rotatable bonds is 3. The maximum absolute atomic E-state index is 12.8. The third kappa shape index (κ3) is 9.60. The van der Waals surface area contributed by atoms with E-state index in [4.69, 9.17) is 4.79 Å². The lowest BCUT2D eigenvalue weighted by atomic mass is 10.1. The number of Topliss-reactive ketones (excluding diaryl/α,β-unsaturated/α-hetero) is 1. The fourth-order valence-corrected chi connectivity index (χ4v) is 2.86. The van der Waals surface area contributed by atoms with Crippen LogP contribution >= 0.6 is 0 Å². The van der Waals surface area contributed by atoms with Gasteiger partial charge in [0.2, 0.25) is 0 Å². The summed E-state index contributed by atoms with van der Waals surface area (Å²) in [5, 5.41) is 0. The number of hydrogen-bond donors (Lipinski definition) is 0. The summed E-state index contributed by atoms with van der Waals surface area (Å²) in [6.07, 6.45) is -1.91. The number of aryl methyl sites for hydroxylation is 1. The van der Waals surface area contributed by atoms with Gasteiger partial charge in [-0.3, -0.25) is 4.79 Å². The molecular weight excluding hydrogens is 419 g/mol. The SMILES string of the molecule is C=O.CC.CCc1ccc(C(C)=O)cc1.CN1CCN(c2ncccc2C(F)(F)F)CC1. The number of benzene rings is 1. The molecule has 3 rings (SSSR count). The highest BCUT2D eigenvalue weighted by atomic mass is 19.4. The summed E-state index contributed by atoms with van der Waals surface area (Å²) < 4.78 is 38.4. The van der Waals surface area contributed by atoms with Crippen LogP contribution in [0.4, 0.5) is 19.0 Å². The fraction of sp³-hybridized carbons (Fsp3) is 0.458. The quantitative estimate of drug-likeness (QED) is 0.602. The minimum absolute atomic E-state index is 0.0492. The number of hydrogen-bond acceptors (Lipinski definition) is 5. The molecule has 0 amide bonds. The number of carbonyl (C=O) groups is 2. The molecule has 1 fully saturated rings. The van der Waals surface area contributed by atoms with E-state index >= 15 is 0 Å². The minimum atomic E-state index is -4.34. The highest BCUT2D eigenvalue weighted by molar-refractivity contribution is 5.93. The van der Waals surface area contributed by atoms with Crippen LogP contribution in [0.25, 0.3) is 0 Å². The van der Waals surface area contributed by atoms with Crippen LogP contribution in [0.5, 0.6) is 0 Å². The smallest absolute Gasteiger partial charge is 0.354 e. The number of piperazine rings is 1. The molecule has 0 bridgehead atoms. The van der Waals surface area contributed by atoms with Crippen molar-refractivity contribution in [1.29, 1.82) is 0 Å². The molecule has 2 aromatic rings. The van der Waals surface area contributed by atoms with Gasteiger partial charge in [-0.05, 0) is 38.1 Å². The maximum Gasteiger partial charge on any atom is 0.419 e. The van der Waals surface area contributed by atoms with Gasteiger partial charge in [0.05, 0.1) is 5.56 Å². The van der Waals surface area contributed by atoms with Gasteiger partial charge in [-0.25, -0.2) is 4.98 Å². The predicted octanol–water partition coefficient (Wildman–Crippen LogP) is 5.15. The van der Waals surface area contributed by atoms with Gasteiger partial charge in [0.15, 0.2) is 5.78 Å². The van der Waals surface area contributed by atoms with Gasteiger partial charge in [0, 0.05) is 37.9 Å². The van der Waals surface area contributed by atoms with Crippen LogP contribution in [0.15, 0.2) is 42.6 Å². The van der Waals surface area contributed by atoms with Crippen molar-refractivity contribution in [3.8, 4) is 0 Å². The standard InChI is InChI=1S/C11H14F3N3.C10H12O.C2H6.CH2O/c1-16-5-7-17(8-6-16)10-9(11(12,13)14)3-2-4-15-10;1-3-9-4-6-10(7-5-9)8(2)11;2*1-2/h2-4H,5-8H2,1H3;4-7H,3H2,1-2H3;1-2H3;1H2. The van der Waals surface area contributed by atoms with E-state index in [2.05, 4.69) is 16.8 Å². The molecule has 0 saturated carbocycles. The van der Waals surface area contributed by atoms with E-state index in [0.717, 1.165) is 31.1 Å². The minimum Gasteiger partial charge on any atom is -0.354 e. The zero-order valence-electron chi connectivity index (χ0n) is 19.6. The average molecular weight is 454 g/mol. The fourth-order valence-electron chi connectivity index (χ4n) is 2.86. The highest BCUT2D eigenvalue weighted by Gasteiger charge is 2.36. The van der Waals surface area contributed by atoms with E-state index in [1.807, 2.05) is 51.9 Å². The van der Waals surface area contributed by atoms with E-state index in [1.165, 1.54) is 17.8 Å². The largest absolute Gasteiger partial charge is 0.419 e. The van der Waals surface area contributed by atoms with E-state index in [0.29, 0.717) is 13.1 Å². The second-order valence-electron chi connectivity index (χ2n) is 6.77. The van der Waals surface area contributed by atoms with Crippen molar-refractivity contribution in [2.75, 3.05) is 38.1 Å². The Morgan fingerprint density at radius 3 is 2.00 bits per heavy atom. The molecule has 2 heterocycles. The second-order valence-corrected chi connectivity index (χ2v) is 6.77. The predicted molar refractivity (Wildman–Crippen MR) is 123 cm³/mol. The Kier molecular flexibility index (Phi) is 13.8. The Balaban J connectivity index is 0.000000555. The first-order chi connectivity index (χ1) is 15.2. The normalized spacial score (nSPS) is 13.4. The number of carbonyl (C=O) groups excluding carboxylic acids is 2. The number of pyridine rings is 1. The summed E-state index contributed by atoms with van der Waals surface area (Å²) in [4.78, 5) is 26.5. The van der Waals surface area contributed by atoms with E-state index in [-0.39, 0.29) is 11.6 Å². The molecule has 0 aliphatic carbocycles. The van der Waals surface area contributed by atoms with Gasteiger partial charge >= 0.3 is 6.18 Å². The third-order valence-electron chi connectivity index (χ3n) is 4.66. The first kappa shape index (κ1) is 29.3. The van der Waals surface area contributed by atoms with Crippen LogP contribution in [0, 0.1) is 0 Å². The summed E-state index contributed by atoms with van der Waals surface area (Å²) in [5.41, 5.74) is 1.42. The van der Waals surface area contributed by atoms with Crippen LogP contribution in [-0.4, -0.2) is 55.7 Å². The molecule has 1 aliphatic rings. The lowest BCUT2D eigenvalue weighted by Crippen LogP contribution is -2.45. The number of halogens is 3. The van der Waals surface area contributed by atoms with Crippen molar-refractivity contribution < 1.29 is 22.8 Å². The topological polar surface area (TPSA) is 53.5 Å². The molecule has 1 aromatic carbocycles. The lowest BCUT2D eigenvalue weighted by molar-refractivity contribution is -0.137. The van der Waals surface area contributed by atoms with Crippen LogP contribution in [0.3, 0.4) is 0 Å². The molecule has 178 valence electrons. The van der Waals surface area contributed by atoms with E-state index < -0.39 is 11.7 Å². The molecule has 8 heteroatoms. The van der Waals surface area contributed by atoms with Crippen molar-refractivity contribution in [3.05, 3.63) is 59.3 Å². The number of likely N-dealkylation sites (N-methyl/N-ethyl adjacent to an activating group) is 1. The highest BCUT2D eigenvalue weighted by Crippen LogP contribution is 2.35. The summed E-state index contributed by atoms with van der Waals surface area (Å²) in [7, 11) is 1.96. The van der Waals surface area contributed by atoms with Crippen LogP contribution < -0.4 is 4.90 Å². The van der Waals surface area contributed by atoms with Crippen molar-refractivity contribution in [1.82, 2.24) is 9.88 Å². The van der Waals surface area contributed by atoms with Crippen molar-refractivity contribution in [2.45, 2.75) is 40.3 Å². The zero-order valence-corrected chi connectivity index (χ0v) is 19.6. The van der Waals surface area contributed by atoms with Gasteiger partial charge in [-0.15, -0.1) is 0 Å². The first-order valence-electron chi connectivity index (χ1n) is 10.6. The molecule has 1 aromatic heterocycles. The van der Waals surface area contributed by atoms with Gasteiger partial charge in [-0.2, -0.15) is 13.2 Å². The summed E-state index contributed by atoms with van der Waals surface area (Å²) in [5.74, 6) is 0.181. The third-order valence-corrected chi connectivity index (χ3v) is 4.66. The summed E-state index contributed by atoms with van der Waals surface area (Å²) in [6.45, 7) is 12.4. The number of alkyl halides is 3. The average Bonchev–Trinajstić information content (AvgIpc) is 2.82. The number of ketones is 1. The summed E-state index contributed by atoms with van der Waals surface area (Å²) in [6, 6.07) is 10.2. The summed E-state index contributed by atoms with van der Waals surface area (Å²) >= 11 is 0. The van der Waals surface area contributed by atoms with Gasteiger partial charge in [-0.1, -0.05) is 45.0 Å². The molecule has 0 atom stereocenters. The van der Waals surface area contributed by atoms with Gasteiger partial charge in [0.1, 0.15) is 12.6 Å². The lowest BCUT2D eigenvalue weighted by Gasteiger charge is -2.34. The molecule has 32 heavy (non-hydrogen) atoms. The zero-order chi connectivity index (χ0) is 24.7. The van der Waals surface area contributed by atoms with Crippen molar-refractivity contribution in [2.24, 2.45) is 0 Å². The molecule has 0 N–H and O–H groups in total. The molecule has 1 saturated heterocycles. The van der Waals surface area contributed by atoms with Crippen molar-refractivity contribution in [3.63, 3.8) is 0 Å². The Bertz CT molecular complexity index is 788.